The van der Waals surface area contributed by atoms with E-state index in [4.69, 9.17) is 10.5 Å². The molecule has 6 heteroatoms. The number of likely N-dealkylation sites (tertiary alicyclic amines) is 1. The van der Waals surface area contributed by atoms with Gasteiger partial charge in [0.2, 0.25) is 5.91 Å². The van der Waals surface area contributed by atoms with Gasteiger partial charge in [0, 0.05) is 38.3 Å². The van der Waals surface area contributed by atoms with Gasteiger partial charge in [-0.05, 0) is 31.4 Å². The fourth-order valence-electron chi connectivity index (χ4n) is 3.02. The molecule has 6 nitrogen and oxygen atoms in total. The molecule has 0 spiro atoms. The first-order valence-electron chi connectivity index (χ1n) is 8.51. The van der Waals surface area contributed by atoms with E-state index >= 15 is 0 Å². The first kappa shape index (κ1) is 18.4. The summed E-state index contributed by atoms with van der Waals surface area (Å²) in [6.07, 6.45) is 3.01. The molecule has 1 aromatic rings. The third-order valence-electron chi connectivity index (χ3n) is 4.48. The Hall–Kier alpha value is -1.92. The average molecular weight is 333 g/mol. The van der Waals surface area contributed by atoms with Crippen LogP contribution < -0.4 is 11.1 Å². The van der Waals surface area contributed by atoms with Gasteiger partial charge < -0.3 is 20.7 Å². The van der Waals surface area contributed by atoms with E-state index in [2.05, 4.69) is 5.32 Å². The highest BCUT2D eigenvalue weighted by atomic mass is 16.5. The number of nitrogens with one attached hydrogen (secondary N) is 1. The second-order valence-corrected chi connectivity index (χ2v) is 6.11. The summed E-state index contributed by atoms with van der Waals surface area (Å²) >= 11 is 0. The Morgan fingerprint density at radius 2 is 2.08 bits per heavy atom. The molecule has 1 saturated heterocycles. The van der Waals surface area contributed by atoms with Gasteiger partial charge in [-0.2, -0.15) is 0 Å². The van der Waals surface area contributed by atoms with Crippen molar-refractivity contribution >= 4 is 11.8 Å². The molecule has 2 unspecified atom stereocenters. The second kappa shape index (κ2) is 9.39. The second-order valence-electron chi connectivity index (χ2n) is 6.11. The summed E-state index contributed by atoms with van der Waals surface area (Å²) in [5.74, 6) is -0.0590. The van der Waals surface area contributed by atoms with E-state index in [1.54, 1.807) is 19.2 Å². The third kappa shape index (κ3) is 5.04. The lowest BCUT2D eigenvalue weighted by atomic mass is 10.0. The molecule has 0 radical (unpaired) electrons. The molecule has 0 bridgehead atoms. The monoisotopic (exact) mass is 333 g/mol. The summed E-state index contributed by atoms with van der Waals surface area (Å²) in [5, 5.41) is 2.95. The molecular formula is C18H27N3O3. The highest BCUT2D eigenvalue weighted by Crippen LogP contribution is 2.18. The molecule has 0 aromatic heterocycles. The van der Waals surface area contributed by atoms with E-state index < -0.39 is 0 Å². The molecule has 1 aromatic carbocycles. The number of rotatable bonds is 7. The van der Waals surface area contributed by atoms with Crippen molar-refractivity contribution in [3.8, 4) is 0 Å². The first-order valence-corrected chi connectivity index (χ1v) is 8.51. The fourth-order valence-corrected chi connectivity index (χ4v) is 3.02. The predicted molar refractivity (Wildman–Crippen MR) is 92.6 cm³/mol. The number of nitrogens with two attached hydrogens (primary N) is 1. The van der Waals surface area contributed by atoms with Crippen LogP contribution in [0.25, 0.3) is 0 Å². The summed E-state index contributed by atoms with van der Waals surface area (Å²) in [6, 6.07) is 9.15. The van der Waals surface area contributed by atoms with Crippen LogP contribution >= 0.6 is 0 Å². The van der Waals surface area contributed by atoms with Crippen molar-refractivity contribution in [1.82, 2.24) is 10.2 Å². The molecule has 2 rings (SSSR count). The van der Waals surface area contributed by atoms with Crippen LogP contribution in [0.3, 0.4) is 0 Å². The van der Waals surface area contributed by atoms with Crippen LogP contribution in [-0.2, 0) is 9.53 Å². The van der Waals surface area contributed by atoms with Gasteiger partial charge in [-0.3, -0.25) is 9.59 Å². The number of carbonyl (C=O) groups is 2. The number of hydrogen-bond acceptors (Lipinski definition) is 4. The normalized spacial score (nSPS) is 18.9. The standard InChI is InChI=1S/C18H27N3O3/c1-24-16(12-19)11-17(22)21-10-6-5-9-15(21)13-20-18(23)14-7-3-2-4-8-14/h2-4,7-8,15-16H,5-6,9-13,19H2,1H3,(H,20,23). The molecule has 3 N–H and O–H groups in total. The van der Waals surface area contributed by atoms with Crippen molar-refractivity contribution < 1.29 is 14.3 Å². The minimum atomic E-state index is -0.251. The lowest BCUT2D eigenvalue weighted by Gasteiger charge is -2.36. The first-order chi connectivity index (χ1) is 11.7. The zero-order valence-corrected chi connectivity index (χ0v) is 14.2. The Kier molecular flexibility index (Phi) is 7.21. The zero-order chi connectivity index (χ0) is 17.4. The molecule has 1 fully saturated rings. The number of amides is 2. The molecule has 2 atom stereocenters. The number of piperidine rings is 1. The molecular weight excluding hydrogens is 306 g/mol. The maximum atomic E-state index is 12.5. The van der Waals surface area contributed by atoms with E-state index in [9.17, 15) is 9.59 Å². The Labute approximate surface area is 143 Å². The van der Waals surface area contributed by atoms with Crippen LogP contribution in [0, 0.1) is 0 Å². The maximum absolute atomic E-state index is 12.5. The van der Waals surface area contributed by atoms with Gasteiger partial charge in [-0.1, -0.05) is 18.2 Å². The van der Waals surface area contributed by atoms with E-state index in [0.29, 0.717) is 18.7 Å². The van der Waals surface area contributed by atoms with Crippen molar-refractivity contribution in [3.63, 3.8) is 0 Å². The predicted octanol–water partition coefficient (Wildman–Crippen LogP) is 1.16. The molecule has 2 amide bonds. The molecule has 0 aliphatic carbocycles. The van der Waals surface area contributed by atoms with E-state index in [-0.39, 0.29) is 30.4 Å². The van der Waals surface area contributed by atoms with Crippen LogP contribution in [0.2, 0.25) is 0 Å². The van der Waals surface area contributed by atoms with Gasteiger partial charge in [0.1, 0.15) is 0 Å². The number of ether oxygens (including phenoxy) is 1. The van der Waals surface area contributed by atoms with Gasteiger partial charge in [0.15, 0.2) is 0 Å². The lowest BCUT2D eigenvalue weighted by molar-refractivity contribution is -0.137. The maximum Gasteiger partial charge on any atom is 0.251 e. The molecule has 0 saturated carbocycles. The molecule has 132 valence electrons. The van der Waals surface area contributed by atoms with Crippen LogP contribution in [0.1, 0.15) is 36.0 Å². The third-order valence-corrected chi connectivity index (χ3v) is 4.48. The average Bonchev–Trinajstić information content (AvgIpc) is 2.64. The summed E-state index contributed by atoms with van der Waals surface area (Å²) in [5.41, 5.74) is 6.24. The van der Waals surface area contributed by atoms with Gasteiger partial charge in [-0.25, -0.2) is 0 Å². The summed E-state index contributed by atoms with van der Waals surface area (Å²) < 4.78 is 5.21. The molecule has 1 aliphatic heterocycles. The van der Waals surface area contributed by atoms with Crippen molar-refractivity contribution in [2.45, 2.75) is 37.8 Å². The van der Waals surface area contributed by atoms with Crippen molar-refractivity contribution in [3.05, 3.63) is 35.9 Å². The molecule has 24 heavy (non-hydrogen) atoms. The molecule has 1 aliphatic rings. The lowest BCUT2D eigenvalue weighted by Crippen LogP contribution is -2.50. The number of nitrogens with zero attached hydrogens (tertiary/aromatic N) is 1. The Balaban J connectivity index is 1.91. The highest BCUT2D eigenvalue weighted by Gasteiger charge is 2.28. The van der Waals surface area contributed by atoms with E-state index in [0.717, 1.165) is 25.8 Å². The number of carbonyl (C=O) groups excluding carboxylic acids is 2. The van der Waals surface area contributed by atoms with E-state index in [1.807, 2.05) is 23.1 Å². The van der Waals surface area contributed by atoms with E-state index in [1.165, 1.54) is 0 Å². The van der Waals surface area contributed by atoms with Gasteiger partial charge in [0.05, 0.1) is 12.5 Å². The summed E-state index contributed by atoms with van der Waals surface area (Å²) in [7, 11) is 1.57. The Morgan fingerprint density at radius 1 is 1.33 bits per heavy atom. The minimum absolute atomic E-state index is 0.0363. The van der Waals surface area contributed by atoms with Crippen molar-refractivity contribution in [2.75, 3.05) is 26.7 Å². The van der Waals surface area contributed by atoms with Crippen LogP contribution in [-0.4, -0.2) is 55.6 Å². The molecule has 1 heterocycles. The van der Waals surface area contributed by atoms with Gasteiger partial charge in [0.25, 0.3) is 5.91 Å². The number of hydrogen-bond donors (Lipinski definition) is 2. The van der Waals surface area contributed by atoms with Gasteiger partial charge >= 0.3 is 0 Å². The summed E-state index contributed by atoms with van der Waals surface area (Å²) in [6.45, 7) is 1.52. The van der Waals surface area contributed by atoms with Crippen LogP contribution in [0.5, 0.6) is 0 Å². The number of benzene rings is 1. The number of methoxy groups -OCH3 is 1. The smallest absolute Gasteiger partial charge is 0.251 e. The Morgan fingerprint density at radius 3 is 2.75 bits per heavy atom. The van der Waals surface area contributed by atoms with Crippen molar-refractivity contribution in [1.29, 1.82) is 0 Å². The zero-order valence-electron chi connectivity index (χ0n) is 14.2. The van der Waals surface area contributed by atoms with Crippen LogP contribution in [0.15, 0.2) is 30.3 Å². The fraction of sp³-hybridized carbons (Fsp3) is 0.556. The SMILES string of the molecule is COC(CN)CC(=O)N1CCCCC1CNC(=O)c1ccccc1. The van der Waals surface area contributed by atoms with Crippen molar-refractivity contribution in [2.24, 2.45) is 5.73 Å². The minimum Gasteiger partial charge on any atom is -0.380 e. The summed E-state index contributed by atoms with van der Waals surface area (Å²) in [4.78, 5) is 26.6. The van der Waals surface area contributed by atoms with Crippen LogP contribution in [0.4, 0.5) is 0 Å². The quantitative estimate of drug-likeness (QED) is 0.784. The largest absolute Gasteiger partial charge is 0.380 e. The Bertz CT molecular complexity index is 532. The highest BCUT2D eigenvalue weighted by molar-refractivity contribution is 5.94. The topological polar surface area (TPSA) is 84.7 Å². The van der Waals surface area contributed by atoms with Gasteiger partial charge in [-0.15, -0.1) is 0 Å².